The predicted octanol–water partition coefficient (Wildman–Crippen LogP) is 3.40. The Morgan fingerprint density at radius 1 is 1.32 bits per heavy atom. The summed E-state index contributed by atoms with van der Waals surface area (Å²) in [5.74, 6) is 0.192. The largest absolute Gasteiger partial charge is 0.417 e. The van der Waals surface area contributed by atoms with E-state index in [-0.39, 0.29) is 11.5 Å². The van der Waals surface area contributed by atoms with Crippen molar-refractivity contribution in [1.82, 2.24) is 9.97 Å². The van der Waals surface area contributed by atoms with Gasteiger partial charge >= 0.3 is 6.18 Å². The molecule has 0 saturated carbocycles. The molecule has 3 N–H and O–H groups in total. The highest BCUT2D eigenvalue weighted by Crippen LogP contribution is 2.31. The van der Waals surface area contributed by atoms with Crippen molar-refractivity contribution in [3.63, 3.8) is 0 Å². The minimum Gasteiger partial charge on any atom is -0.396 e. The van der Waals surface area contributed by atoms with Crippen molar-refractivity contribution >= 4 is 34.4 Å². The fourth-order valence-electron chi connectivity index (χ4n) is 1.32. The van der Waals surface area contributed by atoms with E-state index in [4.69, 9.17) is 17.3 Å². The molecule has 4 nitrogen and oxygen atoms in total. The Bertz CT molecular complexity index is 584. The zero-order valence-electron chi connectivity index (χ0n) is 9.33. The van der Waals surface area contributed by atoms with Crippen molar-refractivity contribution in [2.75, 3.05) is 11.1 Å². The molecule has 0 aliphatic carbocycles. The number of nitrogens with two attached hydrogens (primary N) is 1. The number of hydrogen-bond donors (Lipinski definition) is 2. The summed E-state index contributed by atoms with van der Waals surface area (Å²) in [5.41, 5.74) is 4.58. The van der Waals surface area contributed by atoms with Crippen LogP contribution in [0.25, 0.3) is 0 Å². The number of pyridine rings is 1. The molecule has 0 bridgehead atoms. The SMILES string of the molecule is Nc1cc(C(F)(F)F)cnc1NCc1cnc(Cl)s1. The van der Waals surface area contributed by atoms with Gasteiger partial charge in [-0.15, -0.1) is 11.3 Å². The van der Waals surface area contributed by atoms with Gasteiger partial charge in [0.15, 0.2) is 4.47 Å². The molecule has 0 unspecified atom stereocenters. The van der Waals surface area contributed by atoms with Crippen LogP contribution in [0.1, 0.15) is 10.4 Å². The third-order valence-electron chi connectivity index (χ3n) is 2.20. The van der Waals surface area contributed by atoms with Gasteiger partial charge in [0.25, 0.3) is 0 Å². The van der Waals surface area contributed by atoms with E-state index in [2.05, 4.69) is 15.3 Å². The third-order valence-corrected chi connectivity index (χ3v) is 3.31. The van der Waals surface area contributed by atoms with Crippen LogP contribution in [0.15, 0.2) is 18.5 Å². The molecule has 19 heavy (non-hydrogen) atoms. The summed E-state index contributed by atoms with van der Waals surface area (Å²) < 4.78 is 37.6. The summed E-state index contributed by atoms with van der Waals surface area (Å²) in [5, 5.41) is 2.83. The third kappa shape index (κ3) is 3.48. The number of nitrogens with one attached hydrogen (secondary N) is 1. The lowest BCUT2D eigenvalue weighted by Crippen LogP contribution is -2.09. The van der Waals surface area contributed by atoms with Gasteiger partial charge in [-0.25, -0.2) is 9.97 Å². The van der Waals surface area contributed by atoms with Gasteiger partial charge in [0.2, 0.25) is 0 Å². The number of rotatable bonds is 3. The van der Waals surface area contributed by atoms with Crippen molar-refractivity contribution < 1.29 is 13.2 Å². The van der Waals surface area contributed by atoms with Crippen LogP contribution in [-0.2, 0) is 12.7 Å². The normalized spacial score (nSPS) is 11.6. The molecule has 2 rings (SSSR count). The second-order valence-electron chi connectivity index (χ2n) is 3.59. The maximum atomic E-state index is 12.4. The number of nitrogen functional groups attached to an aromatic ring is 1. The van der Waals surface area contributed by atoms with Gasteiger partial charge in [0, 0.05) is 17.3 Å². The van der Waals surface area contributed by atoms with Crippen molar-refractivity contribution in [2.24, 2.45) is 0 Å². The van der Waals surface area contributed by atoms with E-state index in [1.54, 1.807) is 6.20 Å². The van der Waals surface area contributed by atoms with E-state index in [0.717, 1.165) is 17.1 Å². The lowest BCUT2D eigenvalue weighted by molar-refractivity contribution is -0.137. The number of hydrogen-bond acceptors (Lipinski definition) is 5. The van der Waals surface area contributed by atoms with Crippen molar-refractivity contribution in [3.05, 3.63) is 33.4 Å². The van der Waals surface area contributed by atoms with Gasteiger partial charge in [0.1, 0.15) is 5.82 Å². The Balaban J connectivity index is 2.09. The summed E-state index contributed by atoms with van der Waals surface area (Å²) >= 11 is 6.92. The monoisotopic (exact) mass is 308 g/mol. The molecule has 9 heteroatoms. The van der Waals surface area contributed by atoms with Crippen molar-refractivity contribution in [1.29, 1.82) is 0 Å². The average molecular weight is 309 g/mol. The zero-order chi connectivity index (χ0) is 14.0. The highest BCUT2D eigenvalue weighted by molar-refractivity contribution is 7.15. The van der Waals surface area contributed by atoms with Crippen LogP contribution in [0.5, 0.6) is 0 Å². The van der Waals surface area contributed by atoms with E-state index in [9.17, 15) is 13.2 Å². The molecule has 2 aromatic rings. The van der Waals surface area contributed by atoms with E-state index in [1.807, 2.05) is 0 Å². The quantitative estimate of drug-likeness (QED) is 0.912. The lowest BCUT2D eigenvalue weighted by Gasteiger charge is -2.10. The summed E-state index contributed by atoms with van der Waals surface area (Å²) in [6.07, 6.45) is -2.15. The fraction of sp³-hybridized carbons (Fsp3) is 0.200. The van der Waals surface area contributed by atoms with Gasteiger partial charge in [-0.1, -0.05) is 11.6 Å². The molecule has 0 radical (unpaired) electrons. The molecule has 0 spiro atoms. The number of aromatic nitrogens is 2. The second-order valence-corrected chi connectivity index (χ2v) is 5.29. The predicted molar refractivity (Wildman–Crippen MR) is 68.1 cm³/mol. The first-order valence-corrected chi connectivity index (χ1v) is 6.22. The molecule has 2 heterocycles. The summed E-state index contributed by atoms with van der Waals surface area (Å²) in [7, 11) is 0. The Labute approximate surface area is 115 Å². The van der Waals surface area contributed by atoms with E-state index < -0.39 is 11.7 Å². The van der Waals surface area contributed by atoms with Gasteiger partial charge in [-0.05, 0) is 6.07 Å². The van der Waals surface area contributed by atoms with Gasteiger partial charge < -0.3 is 11.1 Å². The highest BCUT2D eigenvalue weighted by atomic mass is 35.5. The first kappa shape index (κ1) is 13.9. The molecular weight excluding hydrogens is 301 g/mol. The minimum absolute atomic E-state index is 0.0644. The van der Waals surface area contributed by atoms with Crippen LogP contribution in [-0.4, -0.2) is 9.97 Å². The molecule has 2 aromatic heterocycles. The van der Waals surface area contributed by atoms with Gasteiger partial charge in [0.05, 0.1) is 17.8 Å². The number of halogens is 4. The molecule has 0 amide bonds. The molecule has 0 saturated heterocycles. The Morgan fingerprint density at radius 2 is 2.05 bits per heavy atom. The summed E-state index contributed by atoms with van der Waals surface area (Å²) in [4.78, 5) is 8.33. The first-order chi connectivity index (χ1) is 8.86. The van der Waals surface area contributed by atoms with Crippen LogP contribution < -0.4 is 11.1 Å². The Hall–Kier alpha value is -1.54. The Kier molecular flexibility index (Phi) is 3.81. The first-order valence-electron chi connectivity index (χ1n) is 5.03. The van der Waals surface area contributed by atoms with Crippen LogP contribution in [0.2, 0.25) is 4.47 Å². The lowest BCUT2D eigenvalue weighted by atomic mass is 10.2. The van der Waals surface area contributed by atoms with Crippen LogP contribution in [0.4, 0.5) is 24.7 Å². The van der Waals surface area contributed by atoms with Crippen molar-refractivity contribution in [2.45, 2.75) is 12.7 Å². The molecular formula is C10H8ClF3N4S. The number of nitrogens with zero attached hydrogens (tertiary/aromatic N) is 2. The number of thiazole rings is 1. The van der Waals surface area contributed by atoms with Gasteiger partial charge in [-0.3, -0.25) is 0 Å². The van der Waals surface area contributed by atoms with E-state index in [1.165, 1.54) is 11.3 Å². The van der Waals surface area contributed by atoms with Crippen LogP contribution in [0, 0.1) is 0 Å². The van der Waals surface area contributed by atoms with E-state index >= 15 is 0 Å². The molecule has 0 aliphatic heterocycles. The smallest absolute Gasteiger partial charge is 0.396 e. The van der Waals surface area contributed by atoms with E-state index in [0.29, 0.717) is 11.0 Å². The summed E-state index contributed by atoms with van der Waals surface area (Å²) in [6, 6.07) is 0.842. The fourth-order valence-corrected chi connectivity index (χ4v) is 2.24. The van der Waals surface area contributed by atoms with Gasteiger partial charge in [-0.2, -0.15) is 13.2 Å². The average Bonchev–Trinajstić information content (AvgIpc) is 2.72. The van der Waals surface area contributed by atoms with Crippen molar-refractivity contribution in [3.8, 4) is 0 Å². The number of alkyl halides is 3. The topological polar surface area (TPSA) is 63.8 Å². The zero-order valence-corrected chi connectivity index (χ0v) is 10.9. The second kappa shape index (κ2) is 5.22. The maximum Gasteiger partial charge on any atom is 0.417 e. The standard InChI is InChI=1S/C10H8ClF3N4S/c11-9-18-4-6(19-9)3-17-8-7(15)1-5(2-16-8)10(12,13)14/h1-2,4H,3,15H2,(H,16,17). The minimum atomic E-state index is -4.45. The van der Waals surface area contributed by atoms with Crippen LogP contribution >= 0.6 is 22.9 Å². The molecule has 102 valence electrons. The molecule has 0 aromatic carbocycles. The maximum absolute atomic E-state index is 12.4. The molecule has 0 atom stereocenters. The summed E-state index contributed by atoms with van der Waals surface area (Å²) in [6.45, 7) is 0.340. The molecule has 0 fully saturated rings. The highest BCUT2D eigenvalue weighted by Gasteiger charge is 2.31. The number of anilines is 2. The van der Waals surface area contributed by atoms with Crippen LogP contribution in [0.3, 0.4) is 0 Å². The Morgan fingerprint density at radius 3 is 2.58 bits per heavy atom. The molecule has 0 aliphatic rings.